The van der Waals surface area contributed by atoms with Crippen LogP contribution >= 0.6 is 0 Å². The number of amides is 1. The molecule has 4 nitrogen and oxygen atoms in total. The predicted octanol–water partition coefficient (Wildman–Crippen LogP) is 1.33. The molecule has 1 rings (SSSR count). The van der Waals surface area contributed by atoms with Gasteiger partial charge in [-0.3, -0.25) is 4.79 Å². The maximum Gasteiger partial charge on any atom is 0.224 e. The van der Waals surface area contributed by atoms with Gasteiger partial charge in [-0.1, -0.05) is 0 Å². The van der Waals surface area contributed by atoms with Gasteiger partial charge >= 0.3 is 0 Å². The summed E-state index contributed by atoms with van der Waals surface area (Å²) >= 11 is 0. The van der Waals surface area contributed by atoms with Crippen molar-refractivity contribution in [3.8, 4) is 0 Å². The van der Waals surface area contributed by atoms with Gasteiger partial charge in [0.05, 0.1) is 6.42 Å². The first-order valence-corrected chi connectivity index (χ1v) is 5.54. The number of aryl methyl sites for hydroxylation is 2. The average molecular weight is 224 g/mol. The van der Waals surface area contributed by atoms with Crippen molar-refractivity contribution < 1.29 is 9.53 Å². The molecule has 0 saturated carbocycles. The second-order valence-corrected chi connectivity index (χ2v) is 3.98. The summed E-state index contributed by atoms with van der Waals surface area (Å²) < 4.78 is 4.91. The van der Waals surface area contributed by atoms with Gasteiger partial charge < -0.3 is 15.0 Å². The minimum Gasteiger partial charge on any atom is -0.385 e. The lowest BCUT2D eigenvalue weighted by atomic mass is 10.1. The number of hydrogen-bond acceptors (Lipinski definition) is 2. The molecule has 0 atom stereocenters. The van der Waals surface area contributed by atoms with Gasteiger partial charge in [0.15, 0.2) is 0 Å². The monoisotopic (exact) mass is 224 g/mol. The quantitative estimate of drug-likeness (QED) is 0.716. The van der Waals surface area contributed by atoms with Crippen molar-refractivity contribution in [2.75, 3.05) is 20.3 Å². The Morgan fingerprint density at radius 3 is 2.81 bits per heavy atom. The molecule has 0 aliphatic heterocycles. The lowest BCUT2D eigenvalue weighted by Gasteiger charge is -2.04. The Balaban J connectivity index is 2.31. The largest absolute Gasteiger partial charge is 0.385 e. The predicted molar refractivity (Wildman–Crippen MR) is 63.5 cm³/mol. The number of hydrogen-bond donors (Lipinski definition) is 2. The number of methoxy groups -OCH3 is 1. The molecule has 16 heavy (non-hydrogen) atoms. The Hall–Kier alpha value is -1.29. The van der Waals surface area contributed by atoms with Crippen molar-refractivity contribution in [3.05, 3.63) is 23.0 Å². The Morgan fingerprint density at radius 2 is 2.25 bits per heavy atom. The van der Waals surface area contributed by atoms with E-state index in [4.69, 9.17) is 4.74 Å². The third-order valence-corrected chi connectivity index (χ3v) is 2.46. The molecule has 4 heteroatoms. The molecule has 0 aromatic carbocycles. The van der Waals surface area contributed by atoms with Crippen LogP contribution in [0.3, 0.4) is 0 Å². The third-order valence-electron chi connectivity index (χ3n) is 2.46. The average Bonchev–Trinajstić information content (AvgIpc) is 2.52. The zero-order valence-corrected chi connectivity index (χ0v) is 10.2. The molecule has 1 aromatic rings. The fourth-order valence-corrected chi connectivity index (χ4v) is 1.65. The Labute approximate surface area is 96.4 Å². The lowest BCUT2D eigenvalue weighted by Crippen LogP contribution is -2.26. The molecule has 0 fully saturated rings. The fraction of sp³-hybridized carbons (Fsp3) is 0.583. The fourth-order valence-electron chi connectivity index (χ4n) is 1.65. The van der Waals surface area contributed by atoms with Crippen LogP contribution in [0.25, 0.3) is 0 Å². The van der Waals surface area contributed by atoms with E-state index in [1.54, 1.807) is 7.11 Å². The molecule has 1 heterocycles. The number of aromatic amines is 1. The minimum atomic E-state index is 0.0678. The SMILES string of the molecule is COCCCNC(=O)Cc1cc(C)[nH]c1C. The highest BCUT2D eigenvalue weighted by atomic mass is 16.5. The maximum absolute atomic E-state index is 11.6. The van der Waals surface area contributed by atoms with Crippen LogP contribution in [-0.4, -0.2) is 31.2 Å². The molecule has 90 valence electrons. The van der Waals surface area contributed by atoms with Gasteiger partial charge in [0, 0.05) is 31.6 Å². The van der Waals surface area contributed by atoms with Gasteiger partial charge in [-0.15, -0.1) is 0 Å². The van der Waals surface area contributed by atoms with Crippen LogP contribution in [0.5, 0.6) is 0 Å². The summed E-state index contributed by atoms with van der Waals surface area (Å²) in [4.78, 5) is 14.8. The normalized spacial score (nSPS) is 10.4. The number of nitrogens with one attached hydrogen (secondary N) is 2. The number of H-pyrrole nitrogens is 1. The van der Waals surface area contributed by atoms with Crippen molar-refractivity contribution in [1.29, 1.82) is 0 Å². The van der Waals surface area contributed by atoms with Crippen LogP contribution in [0, 0.1) is 13.8 Å². The van der Waals surface area contributed by atoms with Crippen molar-refractivity contribution in [2.45, 2.75) is 26.7 Å². The van der Waals surface area contributed by atoms with Gasteiger partial charge in [0.25, 0.3) is 0 Å². The van der Waals surface area contributed by atoms with Crippen LogP contribution in [0.4, 0.5) is 0 Å². The summed E-state index contributed by atoms with van der Waals surface area (Å²) in [6.45, 7) is 5.34. The van der Waals surface area contributed by atoms with E-state index >= 15 is 0 Å². The molecule has 1 aromatic heterocycles. The first kappa shape index (κ1) is 12.8. The Morgan fingerprint density at radius 1 is 1.50 bits per heavy atom. The maximum atomic E-state index is 11.6. The lowest BCUT2D eigenvalue weighted by molar-refractivity contribution is -0.120. The second-order valence-electron chi connectivity index (χ2n) is 3.98. The molecule has 0 radical (unpaired) electrons. The van der Waals surface area contributed by atoms with Crippen LogP contribution < -0.4 is 5.32 Å². The van der Waals surface area contributed by atoms with E-state index in [0.29, 0.717) is 19.6 Å². The van der Waals surface area contributed by atoms with E-state index < -0.39 is 0 Å². The molecule has 0 unspecified atom stereocenters. The summed E-state index contributed by atoms with van der Waals surface area (Å²) in [5.74, 6) is 0.0678. The summed E-state index contributed by atoms with van der Waals surface area (Å²) in [7, 11) is 1.66. The summed E-state index contributed by atoms with van der Waals surface area (Å²) in [5, 5.41) is 2.87. The van der Waals surface area contributed by atoms with Crippen molar-refractivity contribution in [3.63, 3.8) is 0 Å². The van der Waals surface area contributed by atoms with Gasteiger partial charge in [-0.25, -0.2) is 0 Å². The molecule has 1 amide bonds. The van der Waals surface area contributed by atoms with Crippen LogP contribution in [0.1, 0.15) is 23.4 Å². The molecule has 0 spiro atoms. The van der Waals surface area contributed by atoms with Crippen LogP contribution in [-0.2, 0) is 16.0 Å². The Kier molecular flexibility index (Phi) is 5.05. The van der Waals surface area contributed by atoms with E-state index in [9.17, 15) is 4.79 Å². The molecular weight excluding hydrogens is 204 g/mol. The van der Waals surface area contributed by atoms with Gasteiger partial charge in [-0.2, -0.15) is 0 Å². The summed E-state index contributed by atoms with van der Waals surface area (Å²) in [5.41, 5.74) is 3.24. The molecule has 0 aliphatic carbocycles. The van der Waals surface area contributed by atoms with Crippen molar-refractivity contribution in [1.82, 2.24) is 10.3 Å². The molecule has 0 bridgehead atoms. The molecular formula is C12H20N2O2. The highest BCUT2D eigenvalue weighted by molar-refractivity contribution is 5.78. The highest BCUT2D eigenvalue weighted by Gasteiger charge is 2.07. The smallest absolute Gasteiger partial charge is 0.224 e. The topological polar surface area (TPSA) is 54.1 Å². The van der Waals surface area contributed by atoms with E-state index in [2.05, 4.69) is 10.3 Å². The highest BCUT2D eigenvalue weighted by Crippen LogP contribution is 2.09. The number of aromatic nitrogens is 1. The van der Waals surface area contributed by atoms with Gasteiger partial charge in [0.1, 0.15) is 0 Å². The van der Waals surface area contributed by atoms with E-state index in [-0.39, 0.29) is 5.91 Å². The van der Waals surface area contributed by atoms with Crippen molar-refractivity contribution in [2.24, 2.45) is 0 Å². The van der Waals surface area contributed by atoms with Crippen LogP contribution in [0.2, 0.25) is 0 Å². The number of rotatable bonds is 6. The van der Waals surface area contributed by atoms with Crippen molar-refractivity contribution >= 4 is 5.91 Å². The van der Waals surface area contributed by atoms with Gasteiger partial charge in [0.2, 0.25) is 5.91 Å². The van der Waals surface area contributed by atoms with E-state index in [0.717, 1.165) is 23.4 Å². The molecule has 0 aliphatic rings. The number of carbonyl (C=O) groups excluding carboxylic acids is 1. The first-order chi connectivity index (χ1) is 7.63. The summed E-state index contributed by atoms with van der Waals surface area (Å²) in [6.07, 6.45) is 1.30. The zero-order valence-electron chi connectivity index (χ0n) is 10.2. The first-order valence-electron chi connectivity index (χ1n) is 5.54. The summed E-state index contributed by atoms with van der Waals surface area (Å²) in [6, 6.07) is 2.02. The van der Waals surface area contributed by atoms with E-state index in [1.807, 2.05) is 19.9 Å². The van der Waals surface area contributed by atoms with E-state index in [1.165, 1.54) is 0 Å². The number of carbonyl (C=O) groups is 1. The second kappa shape index (κ2) is 6.33. The third kappa shape index (κ3) is 4.06. The van der Waals surface area contributed by atoms with Crippen LogP contribution in [0.15, 0.2) is 6.07 Å². The van der Waals surface area contributed by atoms with Gasteiger partial charge in [-0.05, 0) is 31.9 Å². The standard InChI is InChI=1S/C12H20N2O2/c1-9-7-11(10(2)14-9)8-12(15)13-5-4-6-16-3/h7,14H,4-6,8H2,1-3H3,(H,13,15). The molecule has 0 saturated heterocycles. The minimum absolute atomic E-state index is 0.0678. The number of ether oxygens (including phenoxy) is 1. The Bertz CT molecular complexity index is 345. The molecule has 2 N–H and O–H groups in total. The zero-order chi connectivity index (χ0) is 12.0.